The maximum Gasteiger partial charge on any atom is 0.126 e. The van der Waals surface area contributed by atoms with Gasteiger partial charge in [-0.3, -0.25) is 4.68 Å². The van der Waals surface area contributed by atoms with Crippen LogP contribution in [-0.4, -0.2) is 9.78 Å². The standard InChI is InChI=1S/C10H7F2N2/c1-14-3-2-10(13-14)7-4-8(11)6-9(12)5-7/h2,4-6H,1H3. The largest absolute Gasteiger partial charge is 0.266 e. The third-order valence-electron chi connectivity index (χ3n) is 1.80. The second-order valence-corrected chi connectivity index (χ2v) is 2.94. The fourth-order valence-electron chi connectivity index (χ4n) is 1.22. The first-order chi connectivity index (χ1) is 6.65. The molecule has 1 heterocycles. The Bertz CT molecular complexity index is 443. The van der Waals surface area contributed by atoms with Crippen LogP contribution in [0.1, 0.15) is 0 Å². The molecule has 0 aliphatic carbocycles. The van der Waals surface area contributed by atoms with Gasteiger partial charge in [-0.2, -0.15) is 5.10 Å². The van der Waals surface area contributed by atoms with Gasteiger partial charge in [0.2, 0.25) is 0 Å². The van der Waals surface area contributed by atoms with Gasteiger partial charge in [-0.25, -0.2) is 8.78 Å². The first-order valence-corrected chi connectivity index (χ1v) is 4.03. The number of aryl methyl sites for hydroxylation is 1. The van der Waals surface area contributed by atoms with Crippen molar-refractivity contribution in [2.24, 2.45) is 7.05 Å². The number of hydrogen-bond donors (Lipinski definition) is 0. The Hall–Kier alpha value is -1.71. The summed E-state index contributed by atoms with van der Waals surface area (Å²) in [6.45, 7) is 0. The van der Waals surface area contributed by atoms with Gasteiger partial charge in [0, 0.05) is 18.7 Å². The predicted octanol–water partition coefficient (Wildman–Crippen LogP) is 2.17. The van der Waals surface area contributed by atoms with Gasteiger partial charge >= 0.3 is 0 Å². The van der Waals surface area contributed by atoms with E-state index in [1.807, 2.05) is 0 Å². The van der Waals surface area contributed by atoms with Crippen molar-refractivity contribution in [3.8, 4) is 11.3 Å². The number of aromatic nitrogens is 2. The van der Waals surface area contributed by atoms with Gasteiger partial charge in [0.1, 0.15) is 11.6 Å². The highest BCUT2D eigenvalue weighted by atomic mass is 19.1. The van der Waals surface area contributed by atoms with E-state index in [0.717, 1.165) is 6.07 Å². The molecule has 0 spiro atoms. The van der Waals surface area contributed by atoms with E-state index in [4.69, 9.17) is 0 Å². The Balaban J connectivity index is 2.51. The second kappa shape index (κ2) is 3.21. The molecule has 0 atom stereocenters. The van der Waals surface area contributed by atoms with Crippen LogP contribution in [0.25, 0.3) is 11.3 Å². The first kappa shape index (κ1) is 8.87. The smallest absolute Gasteiger partial charge is 0.126 e. The first-order valence-electron chi connectivity index (χ1n) is 4.03. The van der Waals surface area contributed by atoms with Gasteiger partial charge in [0.15, 0.2) is 0 Å². The van der Waals surface area contributed by atoms with E-state index in [9.17, 15) is 8.78 Å². The van der Waals surface area contributed by atoms with Crippen molar-refractivity contribution in [1.82, 2.24) is 9.78 Å². The average molecular weight is 193 g/mol. The molecule has 0 saturated heterocycles. The number of hydrogen-bond acceptors (Lipinski definition) is 1. The minimum absolute atomic E-state index is 0.416. The van der Waals surface area contributed by atoms with Gasteiger partial charge in [-0.1, -0.05) is 0 Å². The van der Waals surface area contributed by atoms with Crippen LogP contribution in [0.3, 0.4) is 0 Å². The van der Waals surface area contributed by atoms with Gasteiger partial charge in [-0.15, -0.1) is 0 Å². The molecule has 71 valence electrons. The van der Waals surface area contributed by atoms with Gasteiger partial charge in [0.05, 0.1) is 11.9 Å². The summed E-state index contributed by atoms with van der Waals surface area (Å²) in [5, 5.41) is 3.99. The Morgan fingerprint density at radius 1 is 1.21 bits per heavy atom. The van der Waals surface area contributed by atoms with Crippen molar-refractivity contribution in [1.29, 1.82) is 0 Å². The molecule has 2 aromatic rings. The lowest BCUT2D eigenvalue weighted by Gasteiger charge is -1.97. The SMILES string of the molecule is Cn1[c]cc(-c2cc(F)cc(F)c2)n1. The Kier molecular flexibility index (Phi) is 2.04. The van der Waals surface area contributed by atoms with E-state index < -0.39 is 11.6 Å². The molecule has 0 aliphatic heterocycles. The summed E-state index contributed by atoms with van der Waals surface area (Å²) < 4.78 is 27.1. The van der Waals surface area contributed by atoms with E-state index in [-0.39, 0.29) is 0 Å². The summed E-state index contributed by atoms with van der Waals surface area (Å²) in [6, 6.07) is 4.88. The molecule has 14 heavy (non-hydrogen) atoms. The fourth-order valence-corrected chi connectivity index (χ4v) is 1.22. The topological polar surface area (TPSA) is 17.8 Å². The summed E-state index contributed by atoms with van der Waals surface area (Å²) in [6.07, 6.45) is 2.77. The Labute approximate surface area is 79.8 Å². The lowest BCUT2D eigenvalue weighted by molar-refractivity contribution is 0.584. The minimum atomic E-state index is -0.606. The van der Waals surface area contributed by atoms with Crippen molar-refractivity contribution in [3.63, 3.8) is 0 Å². The molecule has 2 rings (SSSR count). The van der Waals surface area contributed by atoms with Crippen LogP contribution in [0.4, 0.5) is 8.78 Å². The van der Waals surface area contributed by atoms with Gasteiger partial charge in [-0.05, 0) is 18.2 Å². The maximum atomic E-state index is 12.8. The molecule has 1 aromatic heterocycles. The number of halogens is 2. The molecule has 0 fully saturated rings. The van der Waals surface area contributed by atoms with Crippen molar-refractivity contribution >= 4 is 0 Å². The third kappa shape index (κ3) is 1.64. The molecular weight excluding hydrogens is 186 g/mol. The van der Waals surface area contributed by atoms with Crippen LogP contribution in [0.5, 0.6) is 0 Å². The van der Waals surface area contributed by atoms with Crippen LogP contribution in [-0.2, 0) is 7.05 Å². The summed E-state index contributed by atoms with van der Waals surface area (Å²) in [5.74, 6) is -1.21. The molecule has 0 N–H and O–H groups in total. The average Bonchev–Trinajstić information content (AvgIpc) is 2.50. The zero-order valence-corrected chi connectivity index (χ0v) is 7.46. The predicted molar refractivity (Wildman–Crippen MR) is 47.4 cm³/mol. The molecule has 0 unspecified atom stereocenters. The summed E-state index contributed by atoms with van der Waals surface area (Å²) in [7, 11) is 1.69. The lowest BCUT2D eigenvalue weighted by atomic mass is 10.1. The number of nitrogens with zero attached hydrogens (tertiary/aromatic N) is 2. The van der Waals surface area contributed by atoms with Gasteiger partial charge in [0.25, 0.3) is 0 Å². The maximum absolute atomic E-state index is 12.8. The highest BCUT2D eigenvalue weighted by Gasteiger charge is 2.05. The van der Waals surface area contributed by atoms with Crippen molar-refractivity contribution in [2.45, 2.75) is 0 Å². The molecule has 1 aromatic carbocycles. The van der Waals surface area contributed by atoms with Crippen LogP contribution in [0.2, 0.25) is 0 Å². The monoisotopic (exact) mass is 193 g/mol. The summed E-state index contributed by atoms with van der Waals surface area (Å²) in [4.78, 5) is 0. The normalized spacial score (nSPS) is 10.5. The van der Waals surface area contributed by atoms with E-state index >= 15 is 0 Å². The molecule has 0 bridgehead atoms. The summed E-state index contributed by atoms with van der Waals surface area (Å²) in [5.41, 5.74) is 0.922. The van der Waals surface area contributed by atoms with E-state index in [2.05, 4.69) is 11.3 Å². The molecule has 2 nitrogen and oxygen atoms in total. The zero-order chi connectivity index (χ0) is 10.1. The van der Waals surface area contributed by atoms with Crippen molar-refractivity contribution < 1.29 is 8.78 Å². The number of rotatable bonds is 1. The van der Waals surface area contributed by atoms with Crippen LogP contribution < -0.4 is 0 Å². The van der Waals surface area contributed by atoms with Crippen molar-refractivity contribution in [2.75, 3.05) is 0 Å². The van der Waals surface area contributed by atoms with Crippen LogP contribution in [0, 0.1) is 17.8 Å². The third-order valence-corrected chi connectivity index (χ3v) is 1.80. The van der Waals surface area contributed by atoms with Crippen LogP contribution >= 0.6 is 0 Å². The summed E-state index contributed by atoms with van der Waals surface area (Å²) >= 11 is 0. The molecule has 0 amide bonds. The molecule has 1 radical (unpaired) electrons. The van der Waals surface area contributed by atoms with Crippen molar-refractivity contribution in [3.05, 3.63) is 42.1 Å². The highest BCUT2D eigenvalue weighted by molar-refractivity contribution is 5.58. The van der Waals surface area contributed by atoms with E-state index in [0.29, 0.717) is 11.3 Å². The lowest BCUT2D eigenvalue weighted by Crippen LogP contribution is -1.89. The molecule has 4 heteroatoms. The minimum Gasteiger partial charge on any atom is -0.266 e. The molecule has 0 aliphatic rings. The Morgan fingerprint density at radius 3 is 2.36 bits per heavy atom. The van der Waals surface area contributed by atoms with E-state index in [1.165, 1.54) is 16.8 Å². The Morgan fingerprint density at radius 2 is 1.86 bits per heavy atom. The second-order valence-electron chi connectivity index (χ2n) is 2.94. The molecular formula is C10H7F2N2. The molecule has 0 saturated carbocycles. The van der Waals surface area contributed by atoms with Crippen LogP contribution in [0.15, 0.2) is 24.3 Å². The quantitative estimate of drug-likeness (QED) is 0.678. The highest BCUT2D eigenvalue weighted by Crippen LogP contribution is 2.18. The number of benzene rings is 1. The fraction of sp³-hybridized carbons (Fsp3) is 0.100. The van der Waals surface area contributed by atoms with E-state index in [1.54, 1.807) is 13.1 Å². The van der Waals surface area contributed by atoms with Gasteiger partial charge < -0.3 is 0 Å². The zero-order valence-electron chi connectivity index (χ0n) is 7.46.